The zero-order valence-electron chi connectivity index (χ0n) is 15.9. The summed E-state index contributed by atoms with van der Waals surface area (Å²) in [6.45, 7) is 1.58. The minimum atomic E-state index is -0.950. The second-order valence-corrected chi connectivity index (χ2v) is 8.71. The van der Waals surface area contributed by atoms with E-state index < -0.39 is 17.2 Å². The summed E-state index contributed by atoms with van der Waals surface area (Å²) in [6.07, 6.45) is 1.67. The molecule has 11 heteroatoms. The van der Waals surface area contributed by atoms with Crippen molar-refractivity contribution in [3.05, 3.63) is 51.3 Å². The van der Waals surface area contributed by atoms with Crippen molar-refractivity contribution < 1.29 is 19.1 Å². The first kappa shape index (κ1) is 21.9. The number of primary amides is 1. The van der Waals surface area contributed by atoms with Gasteiger partial charge >= 0.3 is 6.03 Å². The molecule has 156 valence electrons. The van der Waals surface area contributed by atoms with E-state index in [1.807, 2.05) is 22.8 Å². The fourth-order valence-corrected chi connectivity index (χ4v) is 4.37. The molecule has 1 aliphatic heterocycles. The molecule has 0 saturated carbocycles. The molecule has 1 aliphatic rings. The van der Waals surface area contributed by atoms with Gasteiger partial charge in [-0.1, -0.05) is 29.4 Å². The van der Waals surface area contributed by atoms with Crippen LogP contribution in [0.15, 0.2) is 46.4 Å². The van der Waals surface area contributed by atoms with Crippen molar-refractivity contribution in [2.24, 2.45) is 10.7 Å². The minimum Gasteiger partial charge on any atom is -0.495 e. The topological polar surface area (TPSA) is 114 Å². The molecule has 0 spiro atoms. The van der Waals surface area contributed by atoms with Crippen LogP contribution in [0.4, 0.5) is 10.5 Å². The molecule has 0 fully saturated rings. The van der Waals surface area contributed by atoms with Crippen molar-refractivity contribution in [1.82, 2.24) is 5.32 Å². The average Bonchev–Trinajstić information content (AvgIpc) is 3.30. The van der Waals surface area contributed by atoms with Crippen LogP contribution in [0.1, 0.15) is 11.8 Å². The Hall–Kier alpha value is -2.82. The molecule has 3 rings (SSSR count). The summed E-state index contributed by atoms with van der Waals surface area (Å²) in [5.41, 5.74) is 5.70. The standard InChI is InChI=1S/C19H17ClN4O4S2/c1-10(16(25)23-18(21)27)30-19-22-14(9-12-4-3-7-29-12)17(26)24(19)11-5-6-15(28-2)13(20)8-11/h3-10H,1-2H3,(H3,21,23,25,27)/b14-9+/t10-/m0/s1. The predicted octanol–water partition coefficient (Wildman–Crippen LogP) is 3.47. The lowest BCUT2D eigenvalue weighted by molar-refractivity contribution is -0.119. The average molecular weight is 465 g/mol. The van der Waals surface area contributed by atoms with Gasteiger partial charge in [0.15, 0.2) is 5.17 Å². The third kappa shape index (κ3) is 4.84. The van der Waals surface area contributed by atoms with Crippen LogP contribution in [0.3, 0.4) is 0 Å². The summed E-state index contributed by atoms with van der Waals surface area (Å²) in [6, 6.07) is 7.67. The maximum atomic E-state index is 13.1. The van der Waals surface area contributed by atoms with Gasteiger partial charge in [-0.25, -0.2) is 9.79 Å². The third-order valence-corrected chi connectivity index (χ3v) is 6.11. The van der Waals surface area contributed by atoms with E-state index in [9.17, 15) is 14.4 Å². The highest BCUT2D eigenvalue weighted by Gasteiger charge is 2.34. The predicted molar refractivity (Wildman–Crippen MR) is 120 cm³/mol. The summed E-state index contributed by atoms with van der Waals surface area (Å²) in [7, 11) is 1.49. The molecule has 0 radical (unpaired) electrons. The van der Waals surface area contributed by atoms with E-state index in [0.29, 0.717) is 16.5 Å². The Balaban J connectivity index is 1.96. The molecule has 0 saturated heterocycles. The Morgan fingerprint density at radius 3 is 2.77 bits per heavy atom. The fourth-order valence-electron chi connectivity index (χ4n) is 2.54. The van der Waals surface area contributed by atoms with E-state index in [4.69, 9.17) is 22.1 Å². The van der Waals surface area contributed by atoms with Gasteiger partial charge in [-0.05, 0) is 42.6 Å². The van der Waals surface area contributed by atoms with E-state index in [1.165, 1.54) is 23.3 Å². The van der Waals surface area contributed by atoms with E-state index in [-0.39, 0.29) is 16.8 Å². The number of amidine groups is 1. The molecule has 1 aromatic heterocycles. The Bertz CT molecular complexity index is 1050. The summed E-state index contributed by atoms with van der Waals surface area (Å²) in [5, 5.41) is 3.78. The smallest absolute Gasteiger partial charge is 0.318 e. The number of nitrogens with one attached hydrogen (secondary N) is 1. The molecule has 0 bridgehead atoms. The van der Waals surface area contributed by atoms with Crippen LogP contribution in [0.25, 0.3) is 6.08 Å². The van der Waals surface area contributed by atoms with Gasteiger partial charge in [-0.3, -0.25) is 19.8 Å². The van der Waals surface area contributed by atoms with Crippen LogP contribution in [0.5, 0.6) is 5.75 Å². The van der Waals surface area contributed by atoms with Gasteiger partial charge in [0.1, 0.15) is 11.4 Å². The summed E-state index contributed by atoms with van der Waals surface area (Å²) in [5.74, 6) is -0.498. The molecule has 3 N–H and O–H groups in total. The van der Waals surface area contributed by atoms with Crippen LogP contribution in [-0.4, -0.2) is 35.4 Å². The number of aliphatic imine (C=N–C) groups is 1. The lowest BCUT2D eigenvalue weighted by Crippen LogP contribution is -2.41. The van der Waals surface area contributed by atoms with Gasteiger partial charge in [0, 0.05) is 4.88 Å². The SMILES string of the molecule is COc1ccc(N2C(=O)/C(=C\c3cccs3)N=C2S[C@@H](C)C(=O)NC(N)=O)cc1Cl. The molecule has 30 heavy (non-hydrogen) atoms. The zero-order valence-corrected chi connectivity index (χ0v) is 18.3. The summed E-state index contributed by atoms with van der Waals surface area (Å²) >= 11 is 8.72. The number of nitrogens with two attached hydrogens (primary N) is 1. The number of anilines is 1. The van der Waals surface area contributed by atoms with Gasteiger partial charge in [-0.2, -0.15) is 0 Å². The third-order valence-electron chi connectivity index (χ3n) is 3.94. The van der Waals surface area contributed by atoms with E-state index >= 15 is 0 Å². The Labute approximate surface area is 185 Å². The first-order valence-electron chi connectivity index (χ1n) is 8.59. The van der Waals surface area contributed by atoms with Gasteiger partial charge in [-0.15, -0.1) is 11.3 Å². The Morgan fingerprint density at radius 1 is 1.40 bits per heavy atom. The zero-order chi connectivity index (χ0) is 21.8. The number of carbonyl (C=O) groups is 3. The Kier molecular flexibility index (Phi) is 6.80. The number of benzene rings is 1. The fraction of sp³-hybridized carbons (Fsp3) is 0.158. The molecular weight excluding hydrogens is 448 g/mol. The van der Waals surface area contributed by atoms with E-state index in [0.717, 1.165) is 16.6 Å². The van der Waals surface area contributed by atoms with Crippen molar-refractivity contribution >= 4 is 69.5 Å². The highest BCUT2D eigenvalue weighted by Crippen LogP contribution is 2.35. The van der Waals surface area contributed by atoms with Gasteiger partial charge in [0.2, 0.25) is 5.91 Å². The number of ether oxygens (including phenoxy) is 1. The molecule has 2 aromatic rings. The second kappa shape index (κ2) is 9.33. The molecule has 1 atom stereocenters. The van der Waals surface area contributed by atoms with E-state index in [1.54, 1.807) is 31.2 Å². The first-order valence-corrected chi connectivity index (χ1v) is 10.7. The number of hydrogen-bond donors (Lipinski definition) is 2. The molecule has 1 aromatic carbocycles. The normalized spacial score (nSPS) is 15.8. The van der Waals surface area contributed by atoms with Crippen molar-refractivity contribution in [3.63, 3.8) is 0 Å². The highest BCUT2D eigenvalue weighted by molar-refractivity contribution is 8.15. The van der Waals surface area contributed by atoms with Gasteiger partial charge < -0.3 is 10.5 Å². The monoisotopic (exact) mass is 464 g/mol. The van der Waals surface area contributed by atoms with Crippen molar-refractivity contribution in [2.45, 2.75) is 12.2 Å². The molecule has 4 amide bonds. The maximum Gasteiger partial charge on any atom is 0.318 e. The lowest BCUT2D eigenvalue weighted by Gasteiger charge is -2.20. The van der Waals surface area contributed by atoms with Gasteiger partial charge in [0.25, 0.3) is 5.91 Å². The van der Waals surface area contributed by atoms with Gasteiger partial charge in [0.05, 0.1) is 23.1 Å². The number of methoxy groups -OCH3 is 1. The second-order valence-electron chi connectivity index (χ2n) is 6.01. The summed E-state index contributed by atoms with van der Waals surface area (Å²) in [4.78, 5) is 42.8. The number of amides is 4. The number of nitrogens with zero attached hydrogens (tertiary/aromatic N) is 2. The molecule has 2 heterocycles. The van der Waals surface area contributed by atoms with Crippen LogP contribution in [-0.2, 0) is 9.59 Å². The number of thioether (sulfide) groups is 1. The quantitative estimate of drug-likeness (QED) is 0.657. The number of imide groups is 1. The molecular formula is C19H17ClN4O4S2. The lowest BCUT2D eigenvalue weighted by atomic mass is 10.2. The first-order chi connectivity index (χ1) is 14.3. The Morgan fingerprint density at radius 2 is 2.17 bits per heavy atom. The minimum absolute atomic E-state index is 0.217. The number of hydrogen-bond acceptors (Lipinski definition) is 7. The number of carbonyl (C=O) groups excluding carboxylic acids is 3. The van der Waals surface area contributed by atoms with Crippen LogP contribution >= 0.6 is 34.7 Å². The van der Waals surface area contributed by atoms with Crippen LogP contribution in [0.2, 0.25) is 5.02 Å². The molecule has 0 unspecified atom stereocenters. The summed E-state index contributed by atoms with van der Waals surface area (Å²) < 4.78 is 5.16. The van der Waals surface area contributed by atoms with Crippen molar-refractivity contribution in [3.8, 4) is 5.75 Å². The largest absolute Gasteiger partial charge is 0.495 e. The van der Waals surface area contributed by atoms with Crippen molar-refractivity contribution in [2.75, 3.05) is 12.0 Å². The van der Waals surface area contributed by atoms with Crippen LogP contribution < -0.4 is 20.7 Å². The maximum absolute atomic E-state index is 13.1. The highest BCUT2D eigenvalue weighted by atomic mass is 35.5. The number of rotatable bonds is 5. The number of thiophene rings is 1. The van der Waals surface area contributed by atoms with Crippen molar-refractivity contribution in [1.29, 1.82) is 0 Å². The molecule has 0 aliphatic carbocycles. The molecule has 8 nitrogen and oxygen atoms in total. The van der Waals surface area contributed by atoms with E-state index in [2.05, 4.69) is 4.99 Å². The number of halogens is 1. The number of urea groups is 1. The van der Waals surface area contributed by atoms with Crippen LogP contribution in [0, 0.1) is 0 Å².